The topological polar surface area (TPSA) is 47.0 Å². The van der Waals surface area contributed by atoms with Crippen molar-refractivity contribution >= 4 is 33.9 Å². The van der Waals surface area contributed by atoms with Crippen LogP contribution in [0.1, 0.15) is 0 Å². The number of fused-ring (bicyclic) bond motifs is 3. The molecule has 0 unspecified atom stereocenters. The minimum Gasteiger partial charge on any atom is -0.353 e. The summed E-state index contributed by atoms with van der Waals surface area (Å²) in [6, 6.07) is 13.8. The van der Waals surface area contributed by atoms with Crippen molar-refractivity contribution in [3.63, 3.8) is 0 Å². The Balaban J connectivity index is 2.43. The highest BCUT2D eigenvalue weighted by atomic mass is 16.1. The van der Waals surface area contributed by atoms with Crippen molar-refractivity contribution in [1.29, 1.82) is 0 Å². The number of carbonyl (C=O) groups is 1. The van der Waals surface area contributed by atoms with E-state index in [2.05, 4.69) is 16.4 Å². The zero-order chi connectivity index (χ0) is 11.0. The molecule has 0 saturated carbocycles. The average Bonchev–Trinajstić information content (AvgIpc) is 2.69. The van der Waals surface area contributed by atoms with Gasteiger partial charge in [-0.3, -0.25) is 4.79 Å². The van der Waals surface area contributed by atoms with E-state index >= 15 is 0 Å². The molecule has 0 saturated heterocycles. The van der Waals surface area contributed by atoms with Crippen LogP contribution < -0.4 is 5.32 Å². The van der Waals surface area contributed by atoms with E-state index in [0.717, 1.165) is 21.8 Å². The second-order valence-corrected chi connectivity index (χ2v) is 3.60. The van der Waals surface area contributed by atoms with E-state index in [1.807, 2.05) is 36.4 Å². The van der Waals surface area contributed by atoms with Gasteiger partial charge in [-0.1, -0.05) is 30.3 Å². The number of rotatable bonds is 2. The molecule has 1 radical (unpaired) electrons. The van der Waals surface area contributed by atoms with Crippen LogP contribution in [-0.4, -0.2) is 11.4 Å². The van der Waals surface area contributed by atoms with Crippen molar-refractivity contribution in [1.82, 2.24) is 10.3 Å². The fourth-order valence-corrected chi connectivity index (χ4v) is 2.02. The smallest absolute Gasteiger partial charge is 0.233 e. The van der Waals surface area contributed by atoms with Crippen LogP contribution in [0.2, 0.25) is 0 Å². The molecular formula is C13H9N2O. The summed E-state index contributed by atoms with van der Waals surface area (Å²) in [6.07, 6.45) is 0.570. The molecule has 1 heterocycles. The minimum atomic E-state index is 0.570. The van der Waals surface area contributed by atoms with E-state index < -0.39 is 0 Å². The summed E-state index contributed by atoms with van der Waals surface area (Å²) in [7, 11) is 0. The number of H-pyrrole nitrogens is 1. The molecule has 77 valence electrons. The second kappa shape index (κ2) is 3.38. The lowest BCUT2D eigenvalue weighted by molar-refractivity contribution is -0.108. The number of hydrogen-bond acceptors (Lipinski definition) is 1. The van der Waals surface area contributed by atoms with Crippen molar-refractivity contribution in [3.8, 4) is 0 Å². The zero-order valence-electron chi connectivity index (χ0n) is 8.47. The van der Waals surface area contributed by atoms with Gasteiger partial charge >= 0.3 is 0 Å². The molecule has 0 spiro atoms. The number of amides is 1. The first-order valence-electron chi connectivity index (χ1n) is 5.04. The van der Waals surface area contributed by atoms with Crippen LogP contribution in [-0.2, 0) is 4.79 Å². The number of nitrogens with zero attached hydrogens (tertiary/aromatic N) is 1. The normalized spacial score (nSPS) is 10.8. The first kappa shape index (κ1) is 8.97. The van der Waals surface area contributed by atoms with Crippen LogP contribution in [0.5, 0.6) is 0 Å². The number of para-hydroxylation sites is 2. The molecule has 1 aromatic heterocycles. The highest BCUT2D eigenvalue weighted by molar-refractivity contribution is 6.10. The predicted octanol–water partition coefficient (Wildman–Crippen LogP) is 2.71. The van der Waals surface area contributed by atoms with E-state index in [1.54, 1.807) is 0 Å². The lowest BCUT2D eigenvalue weighted by Gasteiger charge is -1.96. The predicted molar refractivity (Wildman–Crippen MR) is 63.7 cm³/mol. The standard InChI is InChI=1S/C13H9N2O/c16-8-14-12-7-3-5-10-9-4-1-2-6-11(9)15-13(10)12/h1-8,15H. The van der Waals surface area contributed by atoms with Crippen molar-refractivity contribution in [2.45, 2.75) is 0 Å². The van der Waals surface area contributed by atoms with Crippen molar-refractivity contribution in [2.75, 3.05) is 0 Å². The second-order valence-electron chi connectivity index (χ2n) is 3.60. The maximum atomic E-state index is 10.5. The number of hydrogen-bond donors (Lipinski definition) is 1. The van der Waals surface area contributed by atoms with Crippen LogP contribution in [0, 0.1) is 0 Å². The molecule has 3 rings (SSSR count). The highest BCUT2D eigenvalue weighted by Crippen LogP contribution is 2.29. The zero-order valence-corrected chi connectivity index (χ0v) is 8.47. The van der Waals surface area contributed by atoms with Gasteiger partial charge in [-0.05, 0) is 12.1 Å². The third-order valence-corrected chi connectivity index (χ3v) is 2.71. The van der Waals surface area contributed by atoms with Gasteiger partial charge in [0.1, 0.15) is 0 Å². The first-order valence-corrected chi connectivity index (χ1v) is 5.04. The summed E-state index contributed by atoms with van der Waals surface area (Å²) in [5, 5.41) is 6.07. The van der Waals surface area contributed by atoms with Crippen LogP contribution >= 0.6 is 0 Å². The molecule has 0 aliphatic rings. The molecule has 0 bridgehead atoms. The molecule has 0 aliphatic carbocycles. The molecule has 0 aliphatic heterocycles. The largest absolute Gasteiger partial charge is 0.353 e. The summed E-state index contributed by atoms with van der Waals surface area (Å²) in [4.78, 5) is 13.7. The molecule has 3 aromatic rings. The Morgan fingerprint density at radius 3 is 2.69 bits per heavy atom. The lowest BCUT2D eigenvalue weighted by Crippen LogP contribution is -1.92. The van der Waals surface area contributed by atoms with E-state index in [0.29, 0.717) is 12.1 Å². The maximum absolute atomic E-state index is 10.5. The van der Waals surface area contributed by atoms with Gasteiger partial charge in [0.25, 0.3) is 0 Å². The highest BCUT2D eigenvalue weighted by Gasteiger charge is 2.07. The lowest BCUT2D eigenvalue weighted by atomic mass is 10.1. The van der Waals surface area contributed by atoms with Gasteiger partial charge in [0.2, 0.25) is 6.41 Å². The molecule has 3 heteroatoms. The molecule has 0 fully saturated rings. The van der Waals surface area contributed by atoms with Crippen molar-refractivity contribution < 1.29 is 4.79 Å². The third kappa shape index (κ3) is 1.18. The molecule has 2 aromatic carbocycles. The first-order chi connectivity index (χ1) is 7.90. The molecule has 16 heavy (non-hydrogen) atoms. The van der Waals surface area contributed by atoms with Crippen LogP contribution in [0.4, 0.5) is 5.69 Å². The Morgan fingerprint density at radius 2 is 1.81 bits per heavy atom. The summed E-state index contributed by atoms with van der Waals surface area (Å²) in [6.45, 7) is 0. The van der Waals surface area contributed by atoms with E-state index in [-0.39, 0.29) is 0 Å². The summed E-state index contributed by atoms with van der Waals surface area (Å²) in [5.41, 5.74) is 2.66. The van der Waals surface area contributed by atoms with E-state index in [9.17, 15) is 4.79 Å². The number of benzene rings is 2. The third-order valence-electron chi connectivity index (χ3n) is 2.71. The van der Waals surface area contributed by atoms with Crippen LogP contribution in [0.25, 0.3) is 21.8 Å². The maximum Gasteiger partial charge on any atom is 0.233 e. The Kier molecular flexibility index (Phi) is 1.90. The van der Waals surface area contributed by atoms with Gasteiger partial charge in [-0.2, -0.15) is 0 Å². The SMILES string of the molecule is O=C[N]c1cccc2c1[nH]c1ccccc12. The van der Waals surface area contributed by atoms with Gasteiger partial charge in [-0.15, -0.1) is 0 Å². The average molecular weight is 209 g/mol. The van der Waals surface area contributed by atoms with Gasteiger partial charge in [-0.25, -0.2) is 5.32 Å². The summed E-state index contributed by atoms with van der Waals surface area (Å²) in [5.74, 6) is 0. The molecule has 1 N–H and O–H groups in total. The summed E-state index contributed by atoms with van der Waals surface area (Å²) >= 11 is 0. The van der Waals surface area contributed by atoms with Gasteiger partial charge < -0.3 is 4.98 Å². The fourth-order valence-electron chi connectivity index (χ4n) is 2.02. The van der Waals surface area contributed by atoms with E-state index in [4.69, 9.17) is 0 Å². The fraction of sp³-hybridized carbons (Fsp3) is 0. The Morgan fingerprint density at radius 1 is 1.00 bits per heavy atom. The Bertz CT molecular complexity index is 670. The Hall–Kier alpha value is -2.29. The van der Waals surface area contributed by atoms with Crippen LogP contribution in [0.3, 0.4) is 0 Å². The molecule has 1 amide bonds. The van der Waals surface area contributed by atoms with Gasteiger partial charge in [0.05, 0.1) is 11.2 Å². The molecule has 0 atom stereocenters. The Labute approximate surface area is 92.1 Å². The number of aromatic amines is 1. The van der Waals surface area contributed by atoms with Crippen molar-refractivity contribution in [2.24, 2.45) is 0 Å². The quantitative estimate of drug-likeness (QED) is 0.648. The van der Waals surface area contributed by atoms with Crippen LogP contribution in [0.15, 0.2) is 42.5 Å². The monoisotopic (exact) mass is 209 g/mol. The summed E-state index contributed by atoms with van der Waals surface area (Å²) < 4.78 is 0. The number of nitrogens with one attached hydrogen (secondary N) is 1. The minimum absolute atomic E-state index is 0.570. The number of aromatic nitrogens is 1. The number of carbonyl (C=O) groups excluding carboxylic acids is 1. The van der Waals surface area contributed by atoms with E-state index in [1.165, 1.54) is 0 Å². The molecular weight excluding hydrogens is 200 g/mol. The molecule has 3 nitrogen and oxygen atoms in total. The van der Waals surface area contributed by atoms with Crippen molar-refractivity contribution in [3.05, 3.63) is 42.5 Å². The van der Waals surface area contributed by atoms with Gasteiger partial charge in [0.15, 0.2) is 0 Å². The van der Waals surface area contributed by atoms with Gasteiger partial charge in [0, 0.05) is 16.3 Å².